The lowest BCUT2D eigenvalue weighted by Crippen LogP contribution is -2.15. The Morgan fingerprint density at radius 1 is 1.23 bits per heavy atom. The van der Waals surface area contributed by atoms with Gasteiger partial charge in [-0.05, 0) is 43.2 Å². The van der Waals surface area contributed by atoms with Crippen molar-refractivity contribution in [3.63, 3.8) is 0 Å². The molecule has 0 aliphatic carbocycles. The zero-order valence-electron chi connectivity index (χ0n) is 12.5. The molecule has 2 aromatic rings. The maximum absolute atomic E-state index is 13.5. The average Bonchev–Trinajstić information content (AvgIpc) is 2.46. The molecule has 0 bridgehead atoms. The summed E-state index contributed by atoms with van der Waals surface area (Å²) in [5.74, 6) is 0.284. The molecular weight excluding hydrogens is 321 g/mol. The smallest absolute Gasteiger partial charge is 0.234 e. The van der Waals surface area contributed by atoms with Crippen LogP contribution in [0.2, 0.25) is 5.02 Å². The van der Waals surface area contributed by atoms with E-state index in [1.54, 1.807) is 0 Å². The number of thioether (sulfide) groups is 1. The van der Waals surface area contributed by atoms with Crippen molar-refractivity contribution in [1.82, 2.24) is 0 Å². The number of amides is 1. The first kappa shape index (κ1) is 16.8. The Morgan fingerprint density at radius 2 is 2.00 bits per heavy atom. The fraction of sp³-hybridized carbons (Fsp3) is 0.235. The first-order valence-electron chi connectivity index (χ1n) is 6.84. The van der Waals surface area contributed by atoms with Crippen LogP contribution in [-0.4, -0.2) is 11.7 Å². The molecule has 0 aromatic heterocycles. The lowest BCUT2D eigenvalue weighted by atomic mass is 10.1. The fourth-order valence-corrected chi connectivity index (χ4v) is 3.05. The Balaban J connectivity index is 1.88. The van der Waals surface area contributed by atoms with Crippen LogP contribution in [0.4, 0.5) is 10.1 Å². The fourth-order valence-electron chi connectivity index (χ4n) is 1.99. The first-order valence-corrected chi connectivity index (χ1v) is 8.38. The maximum atomic E-state index is 13.5. The van der Waals surface area contributed by atoms with E-state index < -0.39 is 5.82 Å². The molecule has 5 heteroatoms. The summed E-state index contributed by atoms with van der Waals surface area (Å²) in [6.07, 6.45) is 0. The quantitative estimate of drug-likeness (QED) is 0.834. The predicted octanol–water partition coefficient (Wildman–Crippen LogP) is 4.97. The minimum absolute atomic E-state index is 0.116. The van der Waals surface area contributed by atoms with Gasteiger partial charge in [-0.2, -0.15) is 0 Å². The van der Waals surface area contributed by atoms with E-state index in [2.05, 4.69) is 30.4 Å². The van der Waals surface area contributed by atoms with Gasteiger partial charge in [0.25, 0.3) is 0 Å². The van der Waals surface area contributed by atoms with Gasteiger partial charge in [0.15, 0.2) is 0 Å². The van der Waals surface area contributed by atoms with Gasteiger partial charge in [-0.15, -0.1) is 11.8 Å². The lowest BCUT2D eigenvalue weighted by molar-refractivity contribution is -0.113. The Bertz CT molecular complexity index is 690. The molecule has 0 aliphatic rings. The van der Waals surface area contributed by atoms with E-state index in [0.29, 0.717) is 5.02 Å². The number of nitrogens with one attached hydrogen (secondary N) is 1. The van der Waals surface area contributed by atoms with Crippen molar-refractivity contribution in [2.75, 3.05) is 11.1 Å². The highest BCUT2D eigenvalue weighted by molar-refractivity contribution is 7.99. The molecule has 116 valence electrons. The van der Waals surface area contributed by atoms with Crippen molar-refractivity contribution < 1.29 is 9.18 Å². The van der Waals surface area contributed by atoms with E-state index in [1.807, 2.05) is 6.92 Å². The zero-order chi connectivity index (χ0) is 16.1. The predicted molar refractivity (Wildman–Crippen MR) is 92.1 cm³/mol. The molecule has 22 heavy (non-hydrogen) atoms. The first-order chi connectivity index (χ1) is 10.5. The van der Waals surface area contributed by atoms with Crippen LogP contribution >= 0.6 is 23.4 Å². The van der Waals surface area contributed by atoms with Gasteiger partial charge in [0.2, 0.25) is 5.91 Å². The van der Waals surface area contributed by atoms with E-state index in [4.69, 9.17) is 11.6 Å². The molecule has 0 unspecified atom stereocenters. The van der Waals surface area contributed by atoms with E-state index in [1.165, 1.54) is 46.7 Å². The maximum Gasteiger partial charge on any atom is 0.234 e. The zero-order valence-corrected chi connectivity index (χ0v) is 14.0. The highest BCUT2D eigenvalue weighted by Gasteiger charge is 2.08. The lowest BCUT2D eigenvalue weighted by Gasteiger charge is -2.08. The summed E-state index contributed by atoms with van der Waals surface area (Å²) in [6, 6.07) is 10.4. The van der Waals surface area contributed by atoms with Crippen molar-refractivity contribution in [2.24, 2.45) is 0 Å². The van der Waals surface area contributed by atoms with E-state index in [0.717, 1.165) is 5.75 Å². The number of aryl methyl sites for hydroxylation is 2. The molecule has 0 spiro atoms. The SMILES string of the molecule is Cc1ccc(C)c(CSCC(=O)Nc2cc(Cl)ccc2F)c1. The van der Waals surface area contributed by atoms with Crippen molar-refractivity contribution in [3.05, 3.63) is 63.9 Å². The van der Waals surface area contributed by atoms with Crippen LogP contribution in [0.15, 0.2) is 36.4 Å². The highest BCUT2D eigenvalue weighted by Crippen LogP contribution is 2.21. The van der Waals surface area contributed by atoms with Gasteiger partial charge in [-0.1, -0.05) is 35.4 Å². The number of anilines is 1. The van der Waals surface area contributed by atoms with E-state index >= 15 is 0 Å². The van der Waals surface area contributed by atoms with E-state index in [9.17, 15) is 9.18 Å². The van der Waals surface area contributed by atoms with Crippen molar-refractivity contribution in [1.29, 1.82) is 0 Å². The molecule has 0 heterocycles. The number of hydrogen-bond acceptors (Lipinski definition) is 2. The molecule has 0 fully saturated rings. The number of rotatable bonds is 5. The molecule has 2 nitrogen and oxygen atoms in total. The molecule has 2 aromatic carbocycles. The highest BCUT2D eigenvalue weighted by atomic mass is 35.5. The third-order valence-electron chi connectivity index (χ3n) is 3.20. The standard InChI is InChI=1S/C17H17ClFNOS/c1-11-3-4-12(2)13(7-11)9-22-10-17(21)20-16-8-14(18)5-6-15(16)19/h3-8H,9-10H2,1-2H3,(H,20,21). The topological polar surface area (TPSA) is 29.1 Å². The van der Waals surface area contributed by atoms with Crippen LogP contribution in [0.25, 0.3) is 0 Å². The largest absolute Gasteiger partial charge is 0.323 e. The van der Waals surface area contributed by atoms with Gasteiger partial charge >= 0.3 is 0 Å². The molecule has 1 amide bonds. The third kappa shape index (κ3) is 4.75. The number of benzene rings is 2. The molecule has 0 saturated carbocycles. The second-order valence-corrected chi connectivity index (χ2v) is 6.52. The number of carbonyl (C=O) groups is 1. The number of halogens is 2. The van der Waals surface area contributed by atoms with Crippen molar-refractivity contribution in [3.8, 4) is 0 Å². The molecule has 2 rings (SSSR count). The van der Waals surface area contributed by atoms with Crippen LogP contribution in [0, 0.1) is 19.7 Å². The molecule has 0 saturated heterocycles. The van der Waals surface area contributed by atoms with Crippen LogP contribution in [0.1, 0.15) is 16.7 Å². The van der Waals surface area contributed by atoms with Crippen LogP contribution < -0.4 is 5.32 Å². The Morgan fingerprint density at radius 3 is 2.77 bits per heavy atom. The van der Waals surface area contributed by atoms with Crippen molar-refractivity contribution >= 4 is 35.0 Å². The molecule has 0 radical (unpaired) electrons. The van der Waals surface area contributed by atoms with Crippen LogP contribution in [0.5, 0.6) is 0 Å². The summed E-state index contributed by atoms with van der Waals surface area (Å²) in [4.78, 5) is 11.9. The summed E-state index contributed by atoms with van der Waals surface area (Å²) in [5, 5.41) is 2.93. The molecule has 0 aliphatic heterocycles. The van der Waals surface area contributed by atoms with E-state index in [-0.39, 0.29) is 17.3 Å². The Hall–Kier alpha value is -1.52. The summed E-state index contributed by atoms with van der Waals surface area (Å²) >= 11 is 7.29. The number of hydrogen-bond donors (Lipinski definition) is 1. The number of carbonyl (C=O) groups excluding carboxylic acids is 1. The second kappa shape index (κ2) is 7.65. The third-order valence-corrected chi connectivity index (χ3v) is 4.41. The van der Waals surface area contributed by atoms with Crippen molar-refractivity contribution in [2.45, 2.75) is 19.6 Å². The Kier molecular flexibility index (Phi) is 5.86. The minimum atomic E-state index is -0.489. The van der Waals surface area contributed by atoms with Crippen LogP contribution in [0.3, 0.4) is 0 Å². The molecule has 0 atom stereocenters. The molecular formula is C17H17ClFNOS. The summed E-state index contributed by atoms with van der Waals surface area (Å²) in [5.41, 5.74) is 3.74. The summed E-state index contributed by atoms with van der Waals surface area (Å²) < 4.78 is 13.5. The average molecular weight is 338 g/mol. The van der Waals surface area contributed by atoms with Crippen LogP contribution in [-0.2, 0) is 10.5 Å². The van der Waals surface area contributed by atoms with Gasteiger partial charge in [0.1, 0.15) is 5.82 Å². The van der Waals surface area contributed by atoms with Gasteiger partial charge in [-0.25, -0.2) is 4.39 Å². The van der Waals surface area contributed by atoms with Gasteiger partial charge < -0.3 is 5.32 Å². The minimum Gasteiger partial charge on any atom is -0.323 e. The van der Waals surface area contributed by atoms with Gasteiger partial charge in [0, 0.05) is 10.8 Å². The Labute approximate surface area is 139 Å². The summed E-state index contributed by atoms with van der Waals surface area (Å²) in [7, 11) is 0. The normalized spacial score (nSPS) is 10.5. The van der Waals surface area contributed by atoms with Gasteiger partial charge in [-0.3, -0.25) is 4.79 Å². The monoisotopic (exact) mass is 337 g/mol. The van der Waals surface area contributed by atoms with Gasteiger partial charge in [0.05, 0.1) is 11.4 Å². The summed E-state index contributed by atoms with van der Waals surface area (Å²) in [6.45, 7) is 4.10. The molecule has 1 N–H and O–H groups in total. The second-order valence-electron chi connectivity index (χ2n) is 5.10.